The number of nitrogens with zero attached hydrogens (tertiary/aromatic N) is 4. The van der Waals surface area contributed by atoms with Crippen molar-refractivity contribution in [1.29, 1.82) is 0 Å². The lowest BCUT2D eigenvalue weighted by Crippen LogP contribution is -2.00. The molecule has 0 bridgehead atoms. The van der Waals surface area contributed by atoms with Crippen molar-refractivity contribution < 1.29 is 0 Å². The molecule has 0 spiro atoms. The van der Waals surface area contributed by atoms with E-state index in [0.717, 1.165) is 28.4 Å². The van der Waals surface area contributed by atoms with E-state index < -0.39 is 0 Å². The van der Waals surface area contributed by atoms with Gasteiger partial charge in [-0.2, -0.15) is 0 Å². The van der Waals surface area contributed by atoms with E-state index in [2.05, 4.69) is 15.0 Å². The van der Waals surface area contributed by atoms with Crippen LogP contribution in [0.1, 0.15) is 0 Å². The summed E-state index contributed by atoms with van der Waals surface area (Å²) >= 11 is 6.38. The van der Waals surface area contributed by atoms with E-state index in [-0.39, 0.29) is 0 Å². The Morgan fingerprint density at radius 3 is 2.45 bits per heavy atom. The first kappa shape index (κ1) is 13.0. The maximum atomic E-state index is 6.38. The minimum absolute atomic E-state index is 0.643. The van der Waals surface area contributed by atoms with Crippen molar-refractivity contribution >= 4 is 22.8 Å². The number of halogens is 1. The summed E-state index contributed by atoms with van der Waals surface area (Å²) in [4.78, 5) is 13.5. The van der Waals surface area contributed by atoms with E-state index in [1.165, 1.54) is 0 Å². The van der Waals surface area contributed by atoms with Crippen LogP contribution in [0.4, 0.5) is 0 Å². The molecule has 0 unspecified atom stereocenters. The molecule has 4 aromatic rings. The number of imidazole rings is 1. The average molecular weight is 307 g/mol. The molecule has 3 aromatic heterocycles. The molecule has 106 valence electrons. The highest BCUT2D eigenvalue weighted by atomic mass is 35.5. The molecule has 0 saturated heterocycles. The molecule has 0 fully saturated rings. The SMILES string of the molecule is Clc1ccccc1-n1c(-c2ccccn2)nc2cccnc21. The van der Waals surface area contributed by atoms with Gasteiger partial charge >= 0.3 is 0 Å². The van der Waals surface area contributed by atoms with Crippen molar-refractivity contribution in [2.45, 2.75) is 0 Å². The molecule has 4 nitrogen and oxygen atoms in total. The summed E-state index contributed by atoms with van der Waals surface area (Å²) in [5.41, 5.74) is 3.19. The number of hydrogen-bond acceptors (Lipinski definition) is 3. The van der Waals surface area contributed by atoms with Crippen LogP contribution in [-0.2, 0) is 0 Å². The van der Waals surface area contributed by atoms with Crippen LogP contribution >= 0.6 is 11.6 Å². The molecule has 22 heavy (non-hydrogen) atoms. The van der Waals surface area contributed by atoms with Gasteiger partial charge in [0, 0.05) is 12.4 Å². The maximum absolute atomic E-state index is 6.38. The Kier molecular flexibility index (Phi) is 3.09. The van der Waals surface area contributed by atoms with Crippen molar-refractivity contribution in [3.63, 3.8) is 0 Å². The standard InChI is InChI=1S/C17H11ClN4/c18-12-6-1-2-9-15(12)22-16-14(8-5-11-20-16)21-17(22)13-7-3-4-10-19-13/h1-11H. The Hall–Kier alpha value is -2.72. The quantitative estimate of drug-likeness (QED) is 0.559. The largest absolute Gasteiger partial charge is 0.274 e. The molecule has 4 rings (SSSR count). The highest BCUT2D eigenvalue weighted by Crippen LogP contribution is 2.29. The molecule has 0 amide bonds. The number of rotatable bonds is 2. The van der Waals surface area contributed by atoms with Gasteiger partial charge in [0.15, 0.2) is 11.5 Å². The number of benzene rings is 1. The zero-order chi connectivity index (χ0) is 14.9. The lowest BCUT2D eigenvalue weighted by Gasteiger charge is -2.09. The molecule has 3 heterocycles. The van der Waals surface area contributed by atoms with E-state index in [9.17, 15) is 0 Å². The van der Waals surface area contributed by atoms with Crippen LogP contribution in [0, 0.1) is 0 Å². The van der Waals surface area contributed by atoms with Crippen LogP contribution in [0.3, 0.4) is 0 Å². The third-order valence-electron chi connectivity index (χ3n) is 3.40. The average Bonchev–Trinajstić information content (AvgIpc) is 2.95. The van der Waals surface area contributed by atoms with E-state index in [1.54, 1.807) is 12.4 Å². The highest BCUT2D eigenvalue weighted by molar-refractivity contribution is 6.32. The first-order valence-corrected chi connectivity index (χ1v) is 7.22. The van der Waals surface area contributed by atoms with Crippen LogP contribution in [0.2, 0.25) is 5.02 Å². The van der Waals surface area contributed by atoms with Gasteiger partial charge in [-0.1, -0.05) is 29.8 Å². The van der Waals surface area contributed by atoms with Crippen LogP contribution in [0.5, 0.6) is 0 Å². The predicted molar refractivity (Wildman–Crippen MR) is 87.1 cm³/mol. The molecular weight excluding hydrogens is 296 g/mol. The summed E-state index contributed by atoms with van der Waals surface area (Å²) < 4.78 is 1.94. The third-order valence-corrected chi connectivity index (χ3v) is 3.72. The zero-order valence-corrected chi connectivity index (χ0v) is 12.3. The van der Waals surface area contributed by atoms with Crippen LogP contribution in [-0.4, -0.2) is 19.5 Å². The van der Waals surface area contributed by atoms with E-state index >= 15 is 0 Å². The predicted octanol–water partition coefficient (Wildman–Crippen LogP) is 4.14. The van der Waals surface area contributed by atoms with Gasteiger partial charge < -0.3 is 0 Å². The molecule has 0 radical (unpaired) electrons. The Labute approximate surface area is 132 Å². The summed E-state index contributed by atoms with van der Waals surface area (Å²) in [5, 5.41) is 0.643. The van der Waals surface area contributed by atoms with Crippen LogP contribution < -0.4 is 0 Å². The number of hydrogen-bond donors (Lipinski definition) is 0. The number of pyridine rings is 2. The van der Waals surface area contributed by atoms with Crippen molar-refractivity contribution in [2.75, 3.05) is 0 Å². The maximum Gasteiger partial charge on any atom is 0.165 e. The lowest BCUT2D eigenvalue weighted by molar-refractivity contribution is 1.06. The normalized spacial score (nSPS) is 11.0. The molecular formula is C17H11ClN4. The summed E-state index contributed by atoms with van der Waals surface area (Å²) in [7, 11) is 0. The van der Waals surface area contributed by atoms with Crippen LogP contribution in [0.25, 0.3) is 28.4 Å². The van der Waals surface area contributed by atoms with Gasteiger partial charge in [-0.15, -0.1) is 0 Å². The van der Waals surface area contributed by atoms with Crippen molar-refractivity contribution in [3.8, 4) is 17.2 Å². The molecule has 0 saturated carbocycles. The number of aromatic nitrogens is 4. The van der Waals surface area contributed by atoms with Gasteiger partial charge in [-0.25, -0.2) is 9.97 Å². The number of fused-ring (bicyclic) bond motifs is 1. The van der Waals surface area contributed by atoms with E-state index in [1.807, 2.05) is 59.2 Å². The van der Waals surface area contributed by atoms with Gasteiger partial charge in [0.2, 0.25) is 0 Å². The summed E-state index contributed by atoms with van der Waals surface area (Å²) in [6, 6.07) is 17.2. The molecule has 5 heteroatoms. The first-order valence-electron chi connectivity index (χ1n) is 6.84. The molecule has 0 aliphatic rings. The Morgan fingerprint density at radius 1 is 0.818 bits per heavy atom. The Bertz CT molecular complexity index is 947. The summed E-state index contributed by atoms with van der Waals surface area (Å²) in [5.74, 6) is 0.724. The fourth-order valence-corrected chi connectivity index (χ4v) is 2.66. The third kappa shape index (κ3) is 2.05. The fourth-order valence-electron chi connectivity index (χ4n) is 2.44. The van der Waals surface area contributed by atoms with Crippen molar-refractivity contribution in [1.82, 2.24) is 19.5 Å². The second kappa shape index (κ2) is 5.24. The van der Waals surface area contributed by atoms with Crippen molar-refractivity contribution in [2.24, 2.45) is 0 Å². The van der Waals surface area contributed by atoms with E-state index in [0.29, 0.717) is 5.02 Å². The van der Waals surface area contributed by atoms with Gasteiger partial charge in [0.05, 0.1) is 10.7 Å². The number of para-hydroxylation sites is 1. The lowest BCUT2D eigenvalue weighted by atomic mass is 10.3. The summed E-state index contributed by atoms with van der Waals surface area (Å²) in [6.45, 7) is 0. The molecule has 0 aliphatic heterocycles. The zero-order valence-electron chi connectivity index (χ0n) is 11.5. The van der Waals surface area contributed by atoms with Crippen molar-refractivity contribution in [3.05, 3.63) is 72.0 Å². The second-order valence-electron chi connectivity index (χ2n) is 4.78. The summed E-state index contributed by atoms with van der Waals surface area (Å²) in [6.07, 6.45) is 3.50. The fraction of sp³-hybridized carbons (Fsp3) is 0. The monoisotopic (exact) mass is 306 g/mol. The molecule has 0 atom stereocenters. The van der Waals surface area contributed by atoms with Gasteiger partial charge in [0.25, 0.3) is 0 Å². The Balaban J connectivity index is 2.10. The molecule has 0 aliphatic carbocycles. The first-order chi connectivity index (χ1) is 10.8. The highest BCUT2D eigenvalue weighted by Gasteiger charge is 2.17. The molecule has 0 N–H and O–H groups in total. The minimum atomic E-state index is 0.643. The minimum Gasteiger partial charge on any atom is -0.274 e. The van der Waals surface area contributed by atoms with Gasteiger partial charge in [0.1, 0.15) is 11.2 Å². The van der Waals surface area contributed by atoms with E-state index in [4.69, 9.17) is 11.6 Å². The molecule has 1 aromatic carbocycles. The Morgan fingerprint density at radius 2 is 1.64 bits per heavy atom. The smallest absolute Gasteiger partial charge is 0.165 e. The van der Waals surface area contributed by atoms with Crippen LogP contribution in [0.15, 0.2) is 67.0 Å². The second-order valence-corrected chi connectivity index (χ2v) is 5.19. The topological polar surface area (TPSA) is 43.6 Å². The van der Waals surface area contributed by atoms with Gasteiger partial charge in [-0.05, 0) is 36.4 Å². The van der Waals surface area contributed by atoms with Gasteiger partial charge in [-0.3, -0.25) is 9.55 Å².